The molecule has 0 aliphatic carbocycles. The summed E-state index contributed by atoms with van der Waals surface area (Å²) in [6.07, 6.45) is 0. The molecule has 0 bridgehead atoms. The third-order valence-corrected chi connectivity index (χ3v) is 4.46. The summed E-state index contributed by atoms with van der Waals surface area (Å²) in [5, 5.41) is 2.09. The molecule has 3 aromatic rings. The van der Waals surface area contributed by atoms with Gasteiger partial charge >= 0.3 is 0 Å². The van der Waals surface area contributed by atoms with Crippen molar-refractivity contribution in [1.29, 1.82) is 0 Å². The second-order valence-corrected chi connectivity index (χ2v) is 5.95. The maximum Gasteiger partial charge on any atom is 0.136 e. The predicted molar refractivity (Wildman–Crippen MR) is 99.0 cm³/mol. The second kappa shape index (κ2) is 7.93. The van der Waals surface area contributed by atoms with Crippen LogP contribution in [0.4, 0.5) is 0 Å². The summed E-state index contributed by atoms with van der Waals surface area (Å²) in [6.45, 7) is 8.64. The van der Waals surface area contributed by atoms with Gasteiger partial charge in [0.15, 0.2) is 0 Å². The van der Waals surface area contributed by atoms with Crippen molar-refractivity contribution in [3.8, 4) is 11.3 Å². The number of quaternary nitrogens is 1. The highest BCUT2D eigenvalue weighted by Crippen LogP contribution is 2.21. The average molecular weight is 321 g/mol. The smallest absolute Gasteiger partial charge is 0.136 e. The maximum atomic E-state index is 6.09. The molecule has 0 atom stereocenters. The van der Waals surface area contributed by atoms with Crippen molar-refractivity contribution in [2.45, 2.75) is 13.8 Å². The van der Waals surface area contributed by atoms with Gasteiger partial charge in [-0.15, -0.1) is 0 Å². The monoisotopic (exact) mass is 321 g/mol. The minimum absolute atomic E-state index is 0.833. The molecule has 3 rings (SSSR count). The Balaban J connectivity index is 2.02. The van der Waals surface area contributed by atoms with E-state index in [-0.39, 0.29) is 0 Å². The lowest BCUT2D eigenvalue weighted by Crippen LogP contribution is -3.11. The molecule has 3 heteroatoms. The highest BCUT2D eigenvalue weighted by Gasteiger charge is 2.06. The summed E-state index contributed by atoms with van der Waals surface area (Å²) in [5.74, 6) is 0.864. The number of likely N-dealkylation sites (N-methyl/N-ethyl adjacent to an activating group) is 1. The average Bonchev–Trinajstić information content (AvgIpc) is 2.65. The van der Waals surface area contributed by atoms with Gasteiger partial charge in [-0.3, -0.25) is 4.99 Å². The second-order valence-electron chi connectivity index (χ2n) is 5.95. The van der Waals surface area contributed by atoms with Gasteiger partial charge in [-0.1, -0.05) is 42.5 Å². The largest absolute Gasteiger partial charge is 0.456 e. The first kappa shape index (κ1) is 16.5. The first-order valence-electron chi connectivity index (χ1n) is 8.74. The Morgan fingerprint density at radius 2 is 1.62 bits per heavy atom. The molecule has 0 radical (unpaired) electrons. The summed E-state index contributed by atoms with van der Waals surface area (Å²) in [4.78, 5) is 6.45. The van der Waals surface area contributed by atoms with Crippen molar-refractivity contribution in [2.75, 3.05) is 26.2 Å². The summed E-state index contributed by atoms with van der Waals surface area (Å²) < 4.78 is 6.09. The van der Waals surface area contributed by atoms with Gasteiger partial charge in [-0.2, -0.15) is 0 Å². The molecule has 0 saturated carbocycles. The van der Waals surface area contributed by atoms with E-state index in [1.54, 1.807) is 4.90 Å². The van der Waals surface area contributed by atoms with Gasteiger partial charge in [0, 0.05) is 17.0 Å². The molecule has 24 heavy (non-hydrogen) atoms. The fourth-order valence-electron chi connectivity index (χ4n) is 2.93. The van der Waals surface area contributed by atoms with Crippen molar-refractivity contribution in [2.24, 2.45) is 4.99 Å². The number of rotatable bonds is 6. The number of benzene rings is 2. The Morgan fingerprint density at radius 1 is 0.917 bits per heavy atom. The van der Waals surface area contributed by atoms with Crippen molar-refractivity contribution in [3.05, 3.63) is 66.0 Å². The molecule has 1 aromatic heterocycles. The van der Waals surface area contributed by atoms with E-state index >= 15 is 0 Å². The SMILES string of the molecule is CC[NH+](CC)CCN=c1cc(-c2ccccc2)oc2ccccc12. The zero-order valence-corrected chi connectivity index (χ0v) is 14.5. The summed E-state index contributed by atoms with van der Waals surface area (Å²) in [6, 6.07) is 20.4. The predicted octanol–water partition coefficient (Wildman–Crippen LogP) is 2.93. The van der Waals surface area contributed by atoms with E-state index in [9.17, 15) is 0 Å². The van der Waals surface area contributed by atoms with E-state index in [2.05, 4.69) is 38.1 Å². The van der Waals surface area contributed by atoms with E-state index in [1.807, 2.05) is 36.4 Å². The molecule has 0 amide bonds. The number of hydrogen-bond acceptors (Lipinski definition) is 2. The van der Waals surface area contributed by atoms with Gasteiger partial charge in [-0.05, 0) is 26.0 Å². The van der Waals surface area contributed by atoms with Crippen molar-refractivity contribution in [3.63, 3.8) is 0 Å². The number of fused-ring (bicyclic) bond motifs is 1. The number of nitrogens with zero attached hydrogens (tertiary/aromatic N) is 1. The Labute approximate surface area is 143 Å². The van der Waals surface area contributed by atoms with Crippen molar-refractivity contribution >= 4 is 11.0 Å². The van der Waals surface area contributed by atoms with Crippen LogP contribution in [-0.4, -0.2) is 26.2 Å². The Hall–Kier alpha value is -2.39. The molecule has 3 nitrogen and oxygen atoms in total. The highest BCUT2D eigenvalue weighted by molar-refractivity contribution is 5.78. The summed E-state index contributed by atoms with van der Waals surface area (Å²) >= 11 is 0. The Morgan fingerprint density at radius 3 is 2.38 bits per heavy atom. The molecule has 0 aliphatic rings. The zero-order valence-electron chi connectivity index (χ0n) is 14.5. The van der Waals surface area contributed by atoms with Gasteiger partial charge in [0.2, 0.25) is 0 Å². The maximum absolute atomic E-state index is 6.09. The van der Waals surface area contributed by atoms with Crippen LogP contribution >= 0.6 is 0 Å². The first-order chi connectivity index (χ1) is 11.8. The van der Waals surface area contributed by atoms with Crippen LogP contribution in [0.2, 0.25) is 0 Å². The lowest BCUT2D eigenvalue weighted by Gasteiger charge is -2.13. The molecule has 0 aliphatic heterocycles. The minimum Gasteiger partial charge on any atom is -0.456 e. The summed E-state index contributed by atoms with van der Waals surface area (Å²) in [5.41, 5.74) is 1.96. The van der Waals surface area contributed by atoms with E-state index < -0.39 is 0 Å². The molecule has 2 aromatic carbocycles. The fraction of sp³-hybridized carbons (Fsp3) is 0.286. The lowest BCUT2D eigenvalue weighted by molar-refractivity contribution is -0.894. The molecule has 0 fully saturated rings. The highest BCUT2D eigenvalue weighted by atomic mass is 16.3. The molecular formula is C21H25N2O+. The van der Waals surface area contributed by atoms with Crippen LogP contribution < -0.4 is 10.3 Å². The standard InChI is InChI=1S/C21H24N2O/c1-3-23(4-2)15-14-22-19-16-21(17-10-6-5-7-11-17)24-20-13-9-8-12-18(19)20/h5-13,16H,3-4,14-15H2,1-2H3/p+1. The molecular weight excluding hydrogens is 296 g/mol. The summed E-state index contributed by atoms with van der Waals surface area (Å²) in [7, 11) is 0. The number of nitrogens with one attached hydrogen (secondary N) is 1. The number of para-hydroxylation sites is 1. The van der Waals surface area contributed by atoms with Gasteiger partial charge in [0.25, 0.3) is 0 Å². The molecule has 124 valence electrons. The third-order valence-electron chi connectivity index (χ3n) is 4.46. The van der Waals surface area contributed by atoms with Crippen LogP contribution in [0.5, 0.6) is 0 Å². The number of hydrogen-bond donors (Lipinski definition) is 1. The van der Waals surface area contributed by atoms with Crippen molar-refractivity contribution in [1.82, 2.24) is 0 Å². The van der Waals surface area contributed by atoms with E-state index in [4.69, 9.17) is 9.41 Å². The van der Waals surface area contributed by atoms with Gasteiger partial charge in [-0.25, -0.2) is 0 Å². The minimum atomic E-state index is 0.833. The quantitative estimate of drug-likeness (QED) is 0.743. The van der Waals surface area contributed by atoms with Crippen LogP contribution in [0.25, 0.3) is 22.3 Å². The molecule has 0 unspecified atom stereocenters. The van der Waals surface area contributed by atoms with Gasteiger partial charge in [0.05, 0.1) is 31.5 Å². The molecule has 0 saturated heterocycles. The van der Waals surface area contributed by atoms with Crippen LogP contribution in [-0.2, 0) is 0 Å². The van der Waals surface area contributed by atoms with E-state index in [0.29, 0.717) is 0 Å². The van der Waals surface area contributed by atoms with Crippen LogP contribution in [0, 0.1) is 0 Å². The topological polar surface area (TPSA) is 29.9 Å². The first-order valence-corrected chi connectivity index (χ1v) is 8.74. The third kappa shape index (κ3) is 3.74. The van der Waals surface area contributed by atoms with Gasteiger partial charge in [0.1, 0.15) is 11.3 Å². The van der Waals surface area contributed by atoms with Crippen LogP contribution in [0.3, 0.4) is 0 Å². The Kier molecular flexibility index (Phi) is 5.44. The van der Waals surface area contributed by atoms with Crippen LogP contribution in [0.15, 0.2) is 70.1 Å². The van der Waals surface area contributed by atoms with Crippen LogP contribution in [0.1, 0.15) is 13.8 Å². The molecule has 0 spiro atoms. The van der Waals surface area contributed by atoms with E-state index in [1.165, 1.54) is 0 Å². The lowest BCUT2D eigenvalue weighted by atomic mass is 10.1. The molecule has 1 heterocycles. The van der Waals surface area contributed by atoms with E-state index in [0.717, 1.165) is 53.8 Å². The van der Waals surface area contributed by atoms with Crippen molar-refractivity contribution < 1.29 is 9.32 Å². The Bertz CT molecular complexity index is 848. The zero-order chi connectivity index (χ0) is 16.8. The molecule has 1 N–H and O–H groups in total. The normalized spacial score (nSPS) is 12.2. The fourth-order valence-corrected chi connectivity index (χ4v) is 2.93. The van der Waals surface area contributed by atoms with Gasteiger partial charge < -0.3 is 9.32 Å².